The van der Waals surface area contributed by atoms with Gasteiger partial charge in [-0.25, -0.2) is 0 Å². The summed E-state index contributed by atoms with van der Waals surface area (Å²) in [4.78, 5) is 2.29. The van der Waals surface area contributed by atoms with E-state index in [1.54, 1.807) is 0 Å². The highest BCUT2D eigenvalue weighted by Gasteiger charge is 1.94. The maximum absolute atomic E-state index is 2.29. The lowest BCUT2D eigenvalue weighted by Crippen LogP contribution is -2.16. The van der Waals surface area contributed by atoms with Crippen molar-refractivity contribution < 1.29 is 0 Å². The van der Waals surface area contributed by atoms with E-state index in [9.17, 15) is 0 Å². The molecular formula is C12H21N. The van der Waals surface area contributed by atoms with Crippen molar-refractivity contribution >= 4 is 0 Å². The van der Waals surface area contributed by atoms with Crippen LogP contribution < -0.4 is 0 Å². The standard InChI is InChI=1S/C10H15N.C2H6/c1-3-11(2)9-10-7-5-4-6-8-10;1-2/h4-8H,3,9H2,1-2H3;1-2H3. The van der Waals surface area contributed by atoms with Gasteiger partial charge in [-0.1, -0.05) is 51.1 Å². The SMILES string of the molecule is CC.CCN(C)Cc1ccccc1. The van der Waals surface area contributed by atoms with E-state index >= 15 is 0 Å². The monoisotopic (exact) mass is 179 g/mol. The predicted octanol–water partition coefficient (Wildman–Crippen LogP) is 3.16. The van der Waals surface area contributed by atoms with Gasteiger partial charge in [0.15, 0.2) is 0 Å². The van der Waals surface area contributed by atoms with Crippen molar-refractivity contribution in [2.24, 2.45) is 0 Å². The summed E-state index contributed by atoms with van der Waals surface area (Å²) in [5, 5.41) is 0. The van der Waals surface area contributed by atoms with Gasteiger partial charge in [-0.15, -0.1) is 0 Å². The average molecular weight is 179 g/mol. The number of hydrogen-bond acceptors (Lipinski definition) is 1. The molecule has 0 saturated heterocycles. The quantitative estimate of drug-likeness (QED) is 0.689. The van der Waals surface area contributed by atoms with Crippen LogP contribution in [0.2, 0.25) is 0 Å². The lowest BCUT2D eigenvalue weighted by atomic mass is 10.2. The van der Waals surface area contributed by atoms with Crippen LogP contribution in [0.5, 0.6) is 0 Å². The Hall–Kier alpha value is -0.820. The lowest BCUT2D eigenvalue weighted by Gasteiger charge is -2.12. The second-order valence-electron chi connectivity index (χ2n) is 2.82. The molecule has 0 amide bonds. The van der Waals surface area contributed by atoms with Crippen LogP contribution in [0, 0.1) is 0 Å². The molecule has 0 heterocycles. The summed E-state index contributed by atoms with van der Waals surface area (Å²) in [6.45, 7) is 8.33. The Bertz CT molecular complexity index is 194. The molecule has 0 spiro atoms. The van der Waals surface area contributed by atoms with Crippen LogP contribution in [0.4, 0.5) is 0 Å². The summed E-state index contributed by atoms with van der Waals surface area (Å²) in [6.07, 6.45) is 0. The number of hydrogen-bond donors (Lipinski definition) is 0. The third kappa shape index (κ3) is 5.42. The first-order chi connectivity index (χ1) is 6.33. The van der Waals surface area contributed by atoms with Crippen molar-refractivity contribution in [1.29, 1.82) is 0 Å². The summed E-state index contributed by atoms with van der Waals surface area (Å²) in [7, 11) is 2.13. The van der Waals surface area contributed by atoms with Crippen LogP contribution >= 0.6 is 0 Å². The van der Waals surface area contributed by atoms with Crippen molar-refractivity contribution in [3.8, 4) is 0 Å². The topological polar surface area (TPSA) is 3.24 Å². The maximum Gasteiger partial charge on any atom is 0.0230 e. The molecule has 1 aromatic rings. The van der Waals surface area contributed by atoms with E-state index in [0.717, 1.165) is 13.1 Å². The predicted molar refractivity (Wildman–Crippen MR) is 59.8 cm³/mol. The molecule has 1 aromatic carbocycles. The normalized spacial score (nSPS) is 9.31. The Kier molecular flexibility index (Phi) is 7.32. The van der Waals surface area contributed by atoms with Crippen molar-refractivity contribution in [2.75, 3.05) is 13.6 Å². The summed E-state index contributed by atoms with van der Waals surface area (Å²) in [5.74, 6) is 0. The van der Waals surface area contributed by atoms with Crippen LogP contribution in [0.1, 0.15) is 26.3 Å². The fraction of sp³-hybridized carbons (Fsp3) is 0.500. The third-order valence-corrected chi connectivity index (χ3v) is 1.84. The first-order valence-electron chi connectivity index (χ1n) is 5.05. The molecule has 0 aliphatic rings. The summed E-state index contributed by atoms with van der Waals surface area (Å²) < 4.78 is 0. The Labute approximate surface area is 82.4 Å². The number of nitrogens with zero attached hydrogens (tertiary/aromatic N) is 1. The Morgan fingerprint density at radius 1 is 1.08 bits per heavy atom. The highest BCUT2D eigenvalue weighted by atomic mass is 15.1. The molecule has 0 N–H and O–H groups in total. The smallest absolute Gasteiger partial charge is 0.0230 e. The van der Waals surface area contributed by atoms with Crippen molar-refractivity contribution in [3.63, 3.8) is 0 Å². The molecule has 0 saturated carbocycles. The van der Waals surface area contributed by atoms with Gasteiger partial charge >= 0.3 is 0 Å². The van der Waals surface area contributed by atoms with Gasteiger partial charge in [0.1, 0.15) is 0 Å². The molecular weight excluding hydrogens is 158 g/mol. The van der Waals surface area contributed by atoms with E-state index in [1.807, 2.05) is 13.8 Å². The zero-order valence-electron chi connectivity index (χ0n) is 9.25. The largest absolute Gasteiger partial charge is 0.302 e. The molecule has 0 fully saturated rings. The zero-order chi connectivity index (χ0) is 10.1. The number of rotatable bonds is 3. The molecule has 1 nitrogen and oxygen atoms in total. The van der Waals surface area contributed by atoms with Gasteiger partial charge in [0, 0.05) is 6.54 Å². The van der Waals surface area contributed by atoms with Crippen LogP contribution in [0.3, 0.4) is 0 Å². The third-order valence-electron chi connectivity index (χ3n) is 1.84. The fourth-order valence-electron chi connectivity index (χ4n) is 1.01. The Morgan fingerprint density at radius 3 is 2.08 bits per heavy atom. The number of benzene rings is 1. The summed E-state index contributed by atoms with van der Waals surface area (Å²) >= 11 is 0. The van der Waals surface area contributed by atoms with E-state index < -0.39 is 0 Å². The first-order valence-corrected chi connectivity index (χ1v) is 5.05. The van der Waals surface area contributed by atoms with Gasteiger partial charge in [-0.3, -0.25) is 0 Å². The van der Waals surface area contributed by atoms with E-state index in [4.69, 9.17) is 0 Å². The molecule has 13 heavy (non-hydrogen) atoms. The lowest BCUT2D eigenvalue weighted by molar-refractivity contribution is 0.346. The minimum absolute atomic E-state index is 1.05. The minimum atomic E-state index is 1.05. The van der Waals surface area contributed by atoms with E-state index in [-0.39, 0.29) is 0 Å². The first kappa shape index (κ1) is 12.2. The van der Waals surface area contributed by atoms with Crippen LogP contribution in [-0.4, -0.2) is 18.5 Å². The highest BCUT2D eigenvalue weighted by Crippen LogP contribution is 2.01. The Morgan fingerprint density at radius 2 is 1.62 bits per heavy atom. The van der Waals surface area contributed by atoms with Gasteiger partial charge in [0.05, 0.1) is 0 Å². The van der Waals surface area contributed by atoms with Gasteiger partial charge < -0.3 is 4.90 Å². The minimum Gasteiger partial charge on any atom is -0.302 e. The highest BCUT2D eigenvalue weighted by molar-refractivity contribution is 5.14. The van der Waals surface area contributed by atoms with E-state index in [0.29, 0.717) is 0 Å². The maximum atomic E-state index is 2.29. The summed E-state index contributed by atoms with van der Waals surface area (Å²) in [5.41, 5.74) is 1.39. The van der Waals surface area contributed by atoms with Crippen LogP contribution in [0.15, 0.2) is 30.3 Å². The molecule has 0 atom stereocenters. The van der Waals surface area contributed by atoms with Gasteiger partial charge in [0.25, 0.3) is 0 Å². The molecule has 1 rings (SSSR count). The van der Waals surface area contributed by atoms with E-state index in [2.05, 4.69) is 49.2 Å². The Balaban J connectivity index is 0.000000671. The van der Waals surface area contributed by atoms with Crippen molar-refractivity contribution in [2.45, 2.75) is 27.3 Å². The fourth-order valence-corrected chi connectivity index (χ4v) is 1.01. The second-order valence-corrected chi connectivity index (χ2v) is 2.82. The van der Waals surface area contributed by atoms with Crippen LogP contribution in [-0.2, 0) is 6.54 Å². The van der Waals surface area contributed by atoms with Crippen molar-refractivity contribution in [1.82, 2.24) is 4.90 Å². The van der Waals surface area contributed by atoms with Gasteiger partial charge in [-0.2, -0.15) is 0 Å². The van der Waals surface area contributed by atoms with Gasteiger partial charge in [-0.05, 0) is 19.2 Å². The average Bonchev–Trinajstić information content (AvgIpc) is 2.22. The zero-order valence-corrected chi connectivity index (χ0v) is 9.25. The van der Waals surface area contributed by atoms with E-state index in [1.165, 1.54) is 5.56 Å². The van der Waals surface area contributed by atoms with Gasteiger partial charge in [0.2, 0.25) is 0 Å². The molecule has 0 aliphatic carbocycles. The molecule has 0 radical (unpaired) electrons. The molecule has 0 aliphatic heterocycles. The molecule has 74 valence electrons. The molecule has 0 unspecified atom stereocenters. The molecule has 0 bridgehead atoms. The van der Waals surface area contributed by atoms with Crippen LogP contribution in [0.25, 0.3) is 0 Å². The molecule has 1 heteroatoms. The molecule has 0 aromatic heterocycles. The van der Waals surface area contributed by atoms with Crippen molar-refractivity contribution in [3.05, 3.63) is 35.9 Å². The second kappa shape index (κ2) is 7.81. The summed E-state index contributed by atoms with van der Waals surface area (Å²) in [6, 6.07) is 10.5.